The van der Waals surface area contributed by atoms with Crippen molar-refractivity contribution in [2.24, 2.45) is 0 Å². The van der Waals surface area contributed by atoms with Gasteiger partial charge in [-0.2, -0.15) is 5.10 Å². The van der Waals surface area contributed by atoms with Crippen LogP contribution in [0.5, 0.6) is 0 Å². The molecule has 2 amide bonds. The molecular formula is C19H26N6O3S. The van der Waals surface area contributed by atoms with Crippen molar-refractivity contribution in [2.45, 2.75) is 50.9 Å². The molecular weight excluding hydrogens is 392 g/mol. The zero-order valence-corrected chi connectivity index (χ0v) is 18.0. The van der Waals surface area contributed by atoms with Crippen LogP contribution in [-0.4, -0.2) is 72.9 Å². The Kier molecular flexibility index (Phi) is 4.92. The van der Waals surface area contributed by atoms with Gasteiger partial charge in [0, 0.05) is 45.3 Å². The molecule has 0 aromatic carbocycles. The number of hydrogen-bond donors (Lipinski definition) is 0. The summed E-state index contributed by atoms with van der Waals surface area (Å²) >= 11 is 1.51. The summed E-state index contributed by atoms with van der Waals surface area (Å²) in [5.41, 5.74) is 0.180. The fourth-order valence-corrected chi connectivity index (χ4v) is 5.00. The largest absolute Gasteiger partial charge is 0.339 e. The number of carbonyl (C=O) groups excluding carboxylic acids is 2. The van der Waals surface area contributed by atoms with Gasteiger partial charge in [0.05, 0.1) is 17.8 Å². The van der Waals surface area contributed by atoms with Crippen LogP contribution in [0.2, 0.25) is 0 Å². The summed E-state index contributed by atoms with van der Waals surface area (Å²) in [5.74, 6) is 0.705. The van der Waals surface area contributed by atoms with Crippen LogP contribution in [0.1, 0.15) is 40.2 Å². The fraction of sp³-hybridized carbons (Fsp3) is 0.632. The maximum atomic E-state index is 13.1. The van der Waals surface area contributed by atoms with Crippen molar-refractivity contribution in [1.82, 2.24) is 29.1 Å². The molecule has 4 rings (SSSR count). The van der Waals surface area contributed by atoms with Crippen molar-refractivity contribution < 1.29 is 9.59 Å². The zero-order chi connectivity index (χ0) is 20.9. The highest BCUT2D eigenvalue weighted by Gasteiger charge is 2.32. The molecule has 2 aliphatic heterocycles. The number of nitrogens with zero attached hydrogens (tertiary/aromatic N) is 6. The number of aromatic nitrogens is 4. The predicted octanol–water partition coefficient (Wildman–Crippen LogP) is 1.08. The van der Waals surface area contributed by atoms with E-state index in [1.807, 2.05) is 20.8 Å². The Morgan fingerprint density at radius 1 is 1.17 bits per heavy atom. The summed E-state index contributed by atoms with van der Waals surface area (Å²) in [5, 5.41) is 5.50. The van der Waals surface area contributed by atoms with Crippen LogP contribution in [0.4, 0.5) is 0 Å². The lowest BCUT2D eigenvalue weighted by atomic mass is 10.1. The Bertz CT molecular complexity index is 1030. The molecule has 0 spiro atoms. The highest BCUT2D eigenvalue weighted by atomic mass is 32.2. The molecule has 0 N–H and O–H groups in total. The smallest absolute Gasteiger partial charge is 0.265 e. The van der Waals surface area contributed by atoms with Crippen LogP contribution in [-0.2, 0) is 15.1 Å². The van der Waals surface area contributed by atoms with E-state index in [0.29, 0.717) is 48.1 Å². The molecule has 29 heavy (non-hydrogen) atoms. The van der Waals surface area contributed by atoms with Crippen molar-refractivity contribution in [2.75, 3.05) is 31.9 Å². The van der Waals surface area contributed by atoms with Gasteiger partial charge < -0.3 is 9.80 Å². The quantitative estimate of drug-likeness (QED) is 0.678. The Hall–Kier alpha value is -2.36. The maximum Gasteiger partial charge on any atom is 0.265 e. The topological polar surface area (TPSA) is 93.3 Å². The number of hydrogen-bond acceptors (Lipinski definition) is 6. The Morgan fingerprint density at radius 3 is 2.45 bits per heavy atom. The molecule has 1 unspecified atom stereocenters. The number of carbonyl (C=O) groups is 2. The molecule has 0 bridgehead atoms. The second kappa shape index (κ2) is 7.16. The van der Waals surface area contributed by atoms with Gasteiger partial charge in [-0.25, -0.2) is 9.67 Å². The first-order valence-corrected chi connectivity index (χ1v) is 10.8. The summed E-state index contributed by atoms with van der Waals surface area (Å²) in [4.78, 5) is 45.7. The molecule has 0 saturated carbocycles. The second-order valence-electron chi connectivity index (χ2n) is 8.59. The summed E-state index contributed by atoms with van der Waals surface area (Å²) < 4.78 is 3.43. The predicted molar refractivity (Wildman–Crippen MR) is 110 cm³/mol. The highest BCUT2D eigenvalue weighted by molar-refractivity contribution is 7.99. The monoisotopic (exact) mass is 418 g/mol. The van der Waals surface area contributed by atoms with E-state index in [4.69, 9.17) is 4.98 Å². The minimum atomic E-state index is -0.277. The minimum Gasteiger partial charge on any atom is -0.339 e. The van der Waals surface area contributed by atoms with E-state index in [1.165, 1.54) is 11.8 Å². The number of rotatable bonds is 2. The Morgan fingerprint density at radius 2 is 1.83 bits per heavy atom. The average Bonchev–Trinajstić information content (AvgIpc) is 3.26. The zero-order valence-electron chi connectivity index (χ0n) is 17.2. The van der Waals surface area contributed by atoms with Crippen LogP contribution >= 0.6 is 11.8 Å². The lowest BCUT2D eigenvalue weighted by Crippen LogP contribution is -2.50. The Balaban J connectivity index is 1.55. The molecule has 1 fully saturated rings. The fourth-order valence-electron chi connectivity index (χ4n) is 3.87. The number of thioether (sulfide) groups is 1. The van der Waals surface area contributed by atoms with Crippen LogP contribution < -0.4 is 5.56 Å². The standard InChI is InChI=1S/C19H26N6O3S/c1-12(26)22-5-7-23(8-6-22)15(27)9-13-11-29-18-21-16-14(17(28)24(13)18)10-20-25(16)19(2,3)4/h10,13H,5-9,11H2,1-4H3. The Labute approximate surface area is 173 Å². The van der Waals surface area contributed by atoms with Crippen LogP contribution in [0, 0.1) is 0 Å². The van der Waals surface area contributed by atoms with Crippen LogP contribution in [0.15, 0.2) is 16.1 Å². The summed E-state index contributed by atoms with van der Waals surface area (Å²) in [6.45, 7) is 9.80. The lowest BCUT2D eigenvalue weighted by Gasteiger charge is -2.34. The van der Waals surface area contributed by atoms with E-state index in [1.54, 1.807) is 32.2 Å². The van der Waals surface area contributed by atoms with Crippen molar-refractivity contribution in [3.05, 3.63) is 16.6 Å². The molecule has 0 aliphatic carbocycles. The van der Waals surface area contributed by atoms with E-state index in [9.17, 15) is 14.4 Å². The summed E-state index contributed by atoms with van der Waals surface area (Å²) in [6, 6.07) is -0.212. The van der Waals surface area contributed by atoms with Gasteiger partial charge in [-0.3, -0.25) is 19.0 Å². The SMILES string of the molecule is CC(=O)N1CCN(C(=O)CC2CSc3nc4c(cnn4C(C)(C)C)c(=O)n32)CC1. The van der Waals surface area contributed by atoms with Gasteiger partial charge in [-0.15, -0.1) is 0 Å². The van der Waals surface area contributed by atoms with Gasteiger partial charge in [-0.05, 0) is 20.8 Å². The molecule has 2 aliphatic rings. The molecule has 156 valence electrons. The molecule has 1 atom stereocenters. The molecule has 4 heterocycles. The van der Waals surface area contributed by atoms with Gasteiger partial charge in [0.1, 0.15) is 5.39 Å². The third-order valence-electron chi connectivity index (χ3n) is 5.49. The third kappa shape index (κ3) is 3.54. The molecule has 0 radical (unpaired) electrons. The number of piperazine rings is 1. The van der Waals surface area contributed by atoms with Gasteiger partial charge in [0.25, 0.3) is 5.56 Å². The molecule has 2 aromatic heterocycles. The highest BCUT2D eigenvalue weighted by Crippen LogP contribution is 2.34. The van der Waals surface area contributed by atoms with Gasteiger partial charge >= 0.3 is 0 Å². The first-order chi connectivity index (χ1) is 13.7. The van der Waals surface area contributed by atoms with Crippen molar-refractivity contribution in [1.29, 1.82) is 0 Å². The first-order valence-electron chi connectivity index (χ1n) is 9.83. The third-order valence-corrected chi connectivity index (χ3v) is 6.59. The van der Waals surface area contributed by atoms with E-state index in [0.717, 1.165) is 0 Å². The van der Waals surface area contributed by atoms with Crippen molar-refractivity contribution in [3.8, 4) is 0 Å². The van der Waals surface area contributed by atoms with Gasteiger partial charge in [-0.1, -0.05) is 11.8 Å². The second-order valence-corrected chi connectivity index (χ2v) is 9.58. The van der Waals surface area contributed by atoms with E-state index < -0.39 is 0 Å². The number of fused-ring (bicyclic) bond motifs is 2. The van der Waals surface area contributed by atoms with Crippen LogP contribution in [0.3, 0.4) is 0 Å². The van der Waals surface area contributed by atoms with E-state index in [2.05, 4.69) is 5.10 Å². The first kappa shape index (κ1) is 19.9. The molecule has 9 nitrogen and oxygen atoms in total. The molecule has 10 heteroatoms. The summed E-state index contributed by atoms with van der Waals surface area (Å²) in [7, 11) is 0. The average molecular weight is 419 g/mol. The number of amides is 2. The minimum absolute atomic E-state index is 0.0176. The van der Waals surface area contributed by atoms with Gasteiger partial charge in [0.2, 0.25) is 11.8 Å². The van der Waals surface area contributed by atoms with Crippen molar-refractivity contribution >= 4 is 34.6 Å². The van der Waals surface area contributed by atoms with Crippen LogP contribution in [0.25, 0.3) is 11.0 Å². The van der Waals surface area contributed by atoms with E-state index >= 15 is 0 Å². The molecule has 1 saturated heterocycles. The maximum absolute atomic E-state index is 13.1. The van der Waals surface area contributed by atoms with Gasteiger partial charge in [0.15, 0.2) is 10.8 Å². The summed E-state index contributed by atoms with van der Waals surface area (Å²) in [6.07, 6.45) is 1.84. The van der Waals surface area contributed by atoms with Crippen molar-refractivity contribution in [3.63, 3.8) is 0 Å². The normalized spacial score (nSPS) is 19.7. The van der Waals surface area contributed by atoms with E-state index in [-0.39, 0.29) is 35.4 Å². The lowest BCUT2D eigenvalue weighted by molar-refractivity contribution is -0.138. The molecule has 2 aromatic rings.